The number of aromatic nitrogens is 2. The number of benzene rings is 1. The summed E-state index contributed by atoms with van der Waals surface area (Å²) in [6.45, 7) is 2.07. The molecule has 2 unspecified atom stereocenters. The molecule has 0 saturated heterocycles. The van der Waals surface area contributed by atoms with Crippen molar-refractivity contribution in [1.82, 2.24) is 9.78 Å². The molecular formula is C15H19N3. The summed E-state index contributed by atoms with van der Waals surface area (Å²) in [7, 11) is 0. The van der Waals surface area contributed by atoms with Crippen LogP contribution in [0.15, 0.2) is 36.7 Å². The highest BCUT2D eigenvalue weighted by molar-refractivity contribution is 5.32. The second kappa shape index (κ2) is 4.58. The van der Waals surface area contributed by atoms with Crippen LogP contribution in [-0.2, 0) is 6.42 Å². The second-order valence-electron chi connectivity index (χ2n) is 5.18. The van der Waals surface area contributed by atoms with Gasteiger partial charge in [0.25, 0.3) is 0 Å². The van der Waals surface area contributed by atoms with Crippen LogP contribution in [0, 0.1) is 6.92 Å². The monoisotopic (exact) mass is 241 g/mol. The standard InChI is InChI=1S/C15H19N3/c1-11-9-17-18(10-11)14-8-4-6-12-5-2-3-7-13(12)15(14)16/h2-3,5,7,9-10,14-15H,4,6,8,16H2,1H3. The van der Waals surface area contributed by atoms with Crippen molar-refractivity contribution in [1.29, 1.82) is 0 Å². The third kappa shape index (κ3) is 1.95. The Hall–Kier alpha value is -1.61. The summed E-state index contributed by atoms with van der Waals surface area (Å²) in [5.74, 6) is 0. The van der Waals surface area contributed by atoms with Gasteiger partial charge in [-0.3, -0.25) is 4.68 Å². The Kier molecular flexibility index (Phi) is 2.92. The molecule has 0 amide bonds. The van der Waals surface area contributed by atoms with E-state index in [0.29, 0.717) is 0 Å². The largest absolute Gasteiger partial charge is 0.322 e. The fraction of sp³-hybridized carbons (Fsp3) is 0.400. The van der Waals surface area contributed by atoms with Crippen LogP contribution < -0.4 is 5.73 Å². The smallest absolute Gasteiger partial charge is 0.0712 e. The van der Waals surface area contributed by atoms with Crippen molar-refractivity contribution in [3.05, 3.63) is 53.3 Å². The van der Waals surface area contributed by atoms with Gasteiger partial charge in [-0.15, -0.1) is 0 Å². The fourth-order valence-corrected chi connectivity index (χ4v) is 2.89. The number of aryl methyl sites for hydroxylation is 2. The van der Waals surface area contributed by atoms with Crippen LogP contribution in [0.5, 0.6) is 0 Å². The van der Waals surface area contributed by atoms with E-state index in [1.165, 1.54) is 23.1 Å². The molecule has 18 heavy (non-hydrogen) atoms. The molecule has 2 atom stereocenters. The quantitative estimate of drug-likeness (QED) is 0.780. The Bertz CT molecular complexity index is 544. The topological polar surface area (TPSA) is 43.8 Å². The molecule has 1 aliphatic rings. The maximum atomic E-state index is 6.47. The van der Waals surface area contributed by atoms with Crippen LogP contribution in [0.1, 0.15) is 41.6 Å². The molecule has 0 fully saturated rings. The Balaban J connectivity index is 1.99. The van der Waals surface area contributed by atoms with Crippen molar-refractivity contribution in [2.75, 3.05) is 0 Å². The first kappa shape index (κ1) is 11.5. The van der Waals surface area contributed by atoms with Crippen molar-refractivity contribution in [2.24, 2.45) is 5.73 Å². The first-order chi connectivity index (χ1) is 8.75. The minimum Gasteiger partial charge on any atom is -0.322 e. The maximum Gasteiger partial charge on any atom is 0.0712 e. The van der Waals surface area contributed by atoms with Crippen LogP contribution in [-0.4, -0.2) is 9.78 Å². The van der Waals surface area contributed by atoms with Crippen molar-refractivity contribution in [2.45, 2.75) is 38.3 Å². The van der Waals surface area contributed by atoms with Crippen molar-refractivity contribution in [3.63, 3.8) is 0 Å². The fourth-order valence-electron chi connectivity index (χ4n) is 2.89. The van der Waals surface area contributed by atoms with Gasteiger partial charge in [0, 0.05) is 6.20 Å². The molecule has 0 bridgehead atoms. The summed E-state index contributed by atoms with van der Waals surface area (Å²) in [4.78, 5) is 0. The summed E-state index contributed by atoms with van der Waals surface area (Å²) in [5, 5.41) is 4.44. The molecule has 1 aliphatic carbocycles. The summed E-state index contributed by atoms with van der Waals surface area (Å²) < 4.78 is 2.04. The maximum absolute atomic E-state index is 6.47. The number of fused-ring (bicyclic) bond motifs is 1. The summed E-state index contributed by atoms with van der Waals surface area (Å²) in [5.41, 5.74) is 10.3. The molecule has 0 spiro atoms. The average Bonchev–Trinajstić information content (AvgIpc) is 2.73. The van der Waals surface area contributed by atoms with Gasteiger partial charge < -0.3 is 5.73 Å². The second-order valence-corrected chi connectivity index (χ2v) is 5.18. The molecule has 1 aromatic carbocycles. The van der Waals surface area contributed by atoms with Gasteiger partial charge in [-0.1, -0.05) is 24.3 Å². The molecule has 94 valence electrons. The third-order valence-electron chi connectivity index (χ3n) is 3.85. The molecular weight excluding hydrogens is 222 g/mol. The zero-order chi connectivity index (χ0) is 12.5. The lowest BCUT2D eigenvalue weighted by Crippen LogP contribution is -2.24. The molecule has 0 saturated carbocycles. The first-order valence-corrected chi connectivity index (χ1v) is 6.60. The van der Waals surface area contributed by atoms with Gasteiger partial charge in [-0.05, 0) is 42.9 Å². The SMILES string of the molecule is Cc1cnn(C2CCCc3ccccc3C2N)c1. The number of hydrogen-bond acceptors (Lipinski definition) is 2. The molecule has 2 N–H and O–H groups in total. The number of nitrogens with zero attached hydrogens (tertiary/aromatic N) is 2. The van der Waals surface area contributed by atoms with Crippen LogP contribution in [0.3, 0.4) is 0 Å². The highest BCUT2D eigenvalue weighted by Crippen LogP contribution is 2.34. The van der Waals surface area contributed by atoms with Gasteiger partial charge in [0.15, 0.2) is 0 Å². The predicted molar refractivity (Wildman–Crippen MR) is 72.3 cm³/mol. The Morgan fingerprint density at radius 1 is 1.33 bits per heavy atom. The van der Waals surface area contributed by atoms with Crippen LogP contribution in [0.2, 0.25) is 0 Å². The van der Waals surface area contributed by atoms with Gasteiger partial charge in [-0.2, -0.15) is 5.10 Å². The highest BCUT2D eigenvalue weighted by Gasteiger charge is 2.26. The first-order valence-electron chi connectivity index (χ1n) is 6.60. The number of hydrogen-bond donors (Lipinski definition) is 1. The van der Waals surface area contributed by atoms with E-state index in [1.807, 2.05) is 10.9 Å². The van der Waals surface area contributed by atoms with Gasteiger partial charge in [-0.25, -0.2) is 0 Å². The van der Waals surface area contributed by atoms with E-state index in [0.717, 1.165) is 12.8 Å². The van der Waals surface area contributed by atoms with Crippen LogP contribution in [0.4, 0.5) is 0 Å². The van der Waals surface area contributed by atoms with E-state index in [9.17, 15) is 0 Å². The molecule has 3 heteroatoms. The van der Waals surface area contributed by atoms with Gasteiger partial charge in [0.1, 0.15) is 0 Å². The Labute approximate surface area is 108 Å². The summed E-state index contributed by atoms with van der Waals surface area (Å²) in [6, 6.07) is 8.87. The van der Waals surface area contributed by atoms with E-state index in [2.05, 4.69) is 42.5 Å². The minimum absolute atomic E-state index is 0.0444. The van der Waals surface area contributed by atoms with Crippen LogP contribution in [0.25, 0.3) is 0 Å². The lowest BCUT2D eigenvalue weighted by atomic mass is 9.97. The normalized spacial score (nSPS) is 23.4. The number of nitrogens with two attached hydrogens (primary N) is 1. The van der Waals surface area contributed by atoms with E-state index in [1.54, 1.807) is 0 Å². The Morgan fingerprint density at radius 2 is 2.17 bits per heavy atom. The average molecular weight is 241 g/mol. The van der Waals surface area contributed by atoms with Gasteiger partial charge >= 0.3 is 0 Å². The van der Waals surface area contributed by atoms with Crippen molar-refractivity contribution < 1.29 is 0 Å². The Morgan fingerprint density at radius 3 is 2.94 bits per heavy atom. The van der Waals surface area contributed by atoms with E-state index in [-0.39, 0.29) is 12.1 Å². The van der Waals surface area contributed by atoms with Gasteiger partial charge in [0.2, 0.25) is 0 Å². The van der Waals surface area contributed by atoms with Gasteiger partial charge in [0.05, 0.1) is 18.3 Å². The van der Waals surface area contributed by atoms with E-state index >= 15 is 0 Å². The van der Waals surface area contributed by atoms with Crippen molar-refractivity contribution in [3.8, 4) is 0 Å². The van der Waals surface area contributed by atoms with E-state index < -0.39 is 0 Å². The zero-order valence-electron chi connectivity index (χ0n) is 10.7. The predicted octanol–water partition coefficient (Wildman–Crippen LogP) is 2.77. The highest BCUT2D eigenvalue weighted by atomic mass is 15.3. The number of rotatable bonds is 1. The summed E-state index contributed by atoms with van der Waals surface area (Å²) >= 11 is 0. The zero-order valence-corrected chi connectivity index (χ0v) is 10.7. The molecule has 0 radical (unpaired) electrons. The lowest BCUT2D eigenvalue weighted by Gasteiger charge is -2.23. The molecule has 3 nitrogen and oxygen atoms in total. The molecule has 2 aromatic rings. The molecule has 3 rings (SSSR count). The summed E-state index contributed by atoms with van der Waals surface area (Å²) in [6.07, 6.45) is 7.40. The third-order valence-corrected chi connectivity index (χ3v) is 3.85. The van der Waals surface area contributed by atoms with Crippen LogP contribution >= 0.6 is 0 Å². The van der Waals surface area contributed by atoms with E-state index in [4.69, 9.17) is 5.73 Å². The molecule has 1 heterocycles. The molecule has 1 aromatic heterocycles. The lowest BCUT2D eigenvalue weighted by molar-refractivity contribution is 0.362. The molecule has 0 aliphatic heterocycles. The minimum atomic E-state index is 0.0444. The van der Waals surface area contributed by atoms with Crippen molar-refractivity contribution >= 4 is 0 Å².